The molecule has 0 radical (unpaired) electrons. The number of carbonyl (C=O) groups is 3. The molecule has 1 fully saturated rings. The Morgan fingerprint density at radius 2 is 1.67 bits per heavy atom. The summed E-state index contributed by atoms with van der Waals surface area (Å²) in [4.78, 5) is 41.8. The second kappa shape index (κ2) is 14.7. The van der Waals surface area contributed by atoms with Gasteiger partial charge in [-0.25, -0.2) is 4.79 Å². The van der Waals surface area contributed by atoms with E-state index in [0.717, 1.165) is 18.8 Å². The molecule has 0 saturated carbocycles. The van der Waals surface area contributed by atoms with Gasteiger partial charge in [-0.1, -0.05) is 0 Å². The summed E-state index contributed by atoms with van der Waals surface area (Å²) < 4.78 is 15.8. The normalized spacial score (nSPS) is 14.8. The van der Waals surface area contributed by atoms with Crippen LogP contribution in [-0.2, 0) is 33.4 Å². The predicted octanol–water partition coefficient (Wildman–Crippen LogP) is 1.50. The van der Waals surface area contributed by atoms with E-state index in [-0.39, 0.29) is 24.0 Å². The third kappa shape index (κ3) is 11.8. The molecule has 0 atom stereocenters. The number of likely N-dealkylation sites (N-methyl/N-ethyl adjacent to an activating group) is 1. The van der Waals surface area contributed by atoms with Crippen molar-refractivity contribution < 1.29 is 33.4 Å². The molecule has 0 aromatic rings. The molecule has 0 unspecified atom stereocenters. The molecule has 1 heterocycles. The minimum Gasteiger partial charge on any atom is -0.382 e. The molecule has 174 valence electrons. The lowest BCUT2D eigenvalue weighted by Gasteiger charge is -2.30. The smallest absolute Gasteiger partial charge is 0.333 e. The number of hydroxylamine groups is 2. The first kappa shape index (κ1) is 26.8. The number of thioether (sulfide) groups is 1. The Kier molecular flexibility index (Phi) is 13.2. The molecule has 2 amide bonds. The van der Waals surface area contributed by atoms with Crippen LogP contribution < -0.4 is 0 Å². The maximum absolute atomic E-state index is 11.8. The zero-order valence-electron chi connectivity index (χ0n) is 18.6. The van der Waals surface area contributed by atoms with Gasteiger partial charge in [0.15, 0.2) is 0 Å². The summed E-state index contributed by atoms with van der Waals surface area (Å²) in [5, 5.41) is 0.599. The SMILES string of the molecule is COCCOCCOCCN(C)CC(C)(C)SCCCC(=O)ON1C(=O)CCC1=O. The van der Waals surface area contributed by atoms with Crippen LogP contribution in [0.5, 0.6) is 0 Å². The van der Waals surface area contributed by atoms with Crippen molar-refractivity contribution in [2.24, 2.45) is 0 Å². The summed E-state index contributed by atoms with van der Waals surface area (Å²) in [6, 6.07) is 0. The zero-order chi connectivity index (χ0) is 22.4. The second-order valence-corrected chi connectivity index (χ2v) is 9.51. The third-order valence-corrected chi connectivity index (χ3v) is 5.69. The molecule has 0 aliphatic carbocycles. The number of ether oxygens (including phenoxy) is 3. The van der Waals surface area contributed by atoms with Crippen LogP contribution >= 0.6 is 11.8 Å². The molecule has 0 bridgehead atoms. The lowest BCUT2D eigenvalue weighted by Crippen LogP contribution is -2.36. The van der Waals surface area contributed by atoms with Crippen molar-refractivity contribution in [3.63, 3.8) is 0 Å². The number of hydrogen-bond donors (Lipinski definition) is 0. The number of amides is 2. The van der Waals surface area contributed by atoms with E-state index in [1.807, 2.05) is 0 Å². The maximum atomic E-state index is 11.8. The molecule has 10 heteroatoms. The Balaban J connectivity index is 2.08. The van der Waals surface area contributed by atoms with E-state index in [0.29, 0.717) is 44.5 Å². The summed E-state index contributed by atoms with van der Waals surface area (Å²) in [6.45, 7) is 8.99. The molecule has 1 rings (SSSR count). The van der Waals surface area contributed by atoms with Crippen molar-refractivity contribution >= 4 is 29.5 Å². The highest BCUT2D eigenvalue weighted by Gasteiger charge is 2.32. The Bertz CT molecular complexity index is 529. The number of methoxy groups -OCH3 is 1. The first-order valence-corrected chi connectivity index (χ1v) is 11.3. The quantitative estimate of drug-likeness (QED) is 0.242. The van der Waals surface area contributed by atoms with E-state index >= 15 is 0 Å². The van der Waals surface area contributed by atoms with E-state index in [2.05, 4.69) is 25.8 Å². The topological polar surface area (TPSA) is 94.6 Å². The summed E-state index contributed by atoms with van der Waals surface area (Å²) in [6.07, 6.45) is 1.02. The lowest BCUT2D eigenvalue weighted by atomic mass is 10.2. The minimum atomic E-state index is -0.544. The fraction of sp³-hybridized carbons (Fsp3) is 0.850. The van der Waals surface area contributed by atoms with E-state index in [4.69, 9.17) is 19.0 Å². The number of carbonyl (C=O) groups excluding carboxylic acids is 3. The van der Waals surface area contributed by atoms with Crippen molar-refractivity contribution in [1.29, 1.82) is 0 Å². The summed E-state index contributed by atoms with van der Waals surface area (Å²) in [5.74, 6) is -0.658. The number of rotatable bonds is 17. The fourth-order valence-corrected chi connectivity index (χ4v) is 3.98. The molecular formula is C20H36N2O7S. The molecule has 1 aliphatic rings. The predicted molar refractivity (Wildman–Crippen MR) is 114 cm³/mol. The summed E-state index contributed by atoms with van der Waals surface area (Å²) in [5.41, 5.74) is 0. The van der Waals surface area contributed by atoms with Crippen molar-refractivity contribution in [3.8, 4) is 0 Å². The third-order valence-electron chi connectivity index (χ3n) is 4.29. The molecule has 0 spiro atoms. The largest absolute Gasteiger partial charge is 0.382 e. The van der Waals surface area contributed by atoms with Crippen LogP contribution in [0.25, 0.3) is 0 Å². The van der Waals surface area contributed by atoms with Gasteiger partial charge in [-0.2, -0.15) is 11.8 Å². The van der Waals surface area contributed by atoms with E-state index < -0.39 is 17.8 Å². The van der Waals surface area contributed by atoms with Gasteiger partial charge in [0.1, 0.15) is 0 Å². The van der Waals surface area contributed by atoms with Gasteiger partial charge in [-0.3, -0.25) is 9.59 Å². The second-order valence-electron chi connectivity index (χ2n) is 7.71. The van der Waals surface area contributed by atoms with Crippen LogP contribution in [0.2, 0.25) is 0 Å². The lowest BCUT2D eigenvalue weighted by molar-refractivity contribution is -0.197. The van der Waals surface area contributed by atoms with E-state index in [9.17, 15) is 14.4 Å². The van der Waals surface area contributed by atoms with Crippen LogP contribution in [0.3, 0.4) is 0 Å². The van der Waals surface area contributed by atoms with Gasteiger partial charge in [0.2, 0.25) is 0 Å². The molecule has 1 saturated heterocycles. The van der Waals surface area contributed by atoms with E-state index in [1.165, 1.54) is 0 Å². The molecule has 0 aromatic carbocycles. The standard InChI is InChI=1S/C20H36N2O7S/c1-20(2,16-21(3)9-10-27-13-14-28-12-11-26-4)30-15-5-6-19(25)29-22-17(23)7-8-18(22)24/h5-16H2,1-4H3. The summed E-state index contributed by atoms with van der Waals surface area (Å²) >= 11 is 1.78. The van der Waals surface area contributed by atoms with Gasteiger partial charge in [-0.15, -0.1) is 5.06 Å². The van der Waals surface area contributed by atoms with Gasteiger partial charge in [0.05, 0.1) is 33.0 Å². The molecule has 0 N–H and O–H groups in total. The van der Waals surface area contributed by atoms with Crippen molar-refractivity contribution in [2.75, 3.05) is 66.0 Å². The number of hydrogen-bond acceptors (Lipinski definition) is 9. The summed E-state index contributed by atoms with van der Waals surface area (Å²) in [7, 11) is 3.70. The molecule has 0 aromatic heterocycles. The monoisotopic (exact) mass is 448 g/mol. The Labute approximate surface area is 183 Å². The highest BCUT2D eigenvalue weighted by Crippen LogP contribution is 2.26. The highest BCUT2D eigenvalue weighted by molar-refractivity contribution is 8.00. The number of imide groups is 1. The highest BCUT2D eigenvalue weighted by atomic mass is 32.2. The van der Waals surface area contributed by atoms with Gasteiger partial charge in [0.25, 0.3) is 11.8 Å². The minimum absolute atomic E-state index is 0.0167. The molecule has 9 nitrogen and oxygen atoms in total. The fourth-order valence-electron chi connectivity index (χ4n) is 2.83. The average molecular weight is 449 g/mol. The molecular weight excluding hydrogens is 412 g/mol. The van der Waals surface area contributed by atoms with Crippen LogP contribution in [0.15, 0.2) is 0 Å². The first-order chi connectivity index (χ1) is 14.2. The maximum Gasteiger partial charge on any atom is 0.333 e. The van der Waals surface area contributed by atoms with Gasteiger partial charge in [0, 0.05) is 44.2 Å². The molecule has 30 heavy (non-hydrogen) atoms. The van der Waals surface area contributed by atoms with Gasteiger partial charge < -0.3 is 23.9 Å². The van der Waals surface area contributed by atoms with Crippen LogP contribution in [0, 0.1) is 0 Å². The Morgan fingerprint density at radius 3 is 2.30 bits per heavy atom. The van der Waals surface area contributed by atoms with Gasteiger partial charge in [-0.05, 0) is 33.1 Å². The van der Waals surface area contributed by atoms with Crippen molar-refractivity contribution in [2.45, 2.75) is 44.3 Å². The molecule has 1 aliphatic heterocycles. The van der Waals surface area contributed by atoms with Crippen LogP contribution in [-0.4, -0.2) is 98.5 Å². The van der Waals surface area contributed by atoms with E-state index in [1.54, 1.807) is 18.9 Å². The van der Waals surface area contributed by atoms with Crippen LogP contribution in [0.1, 0.15) is 39.5 Å². The van der Waals surface area contributed by atoms with Crippen molar-refractivity contribution in [1.82, 2.24) is 9.96 Å². The first-order valence-electron chi connectivity index (χ1n) is 10.3. The zero-order valence-corrected chi connectivity index (χ0v) is 19.5. The average Bonchev–Trinajstić information content (AvgIpc) is 2.99. The Hall–Kier alpha value is -1.20. The Morgan fingerprint density at radius 1 is 1.07 bits per heavy atom. The number of nitrogens with zero attached hydrogens (tertiary/aromatic N) is 2. The van der Waals surface area contributed by atoms with Crippen LogP contribution in [0.4, 0.5) is 0 Å². The van der Waals surface area contributed by atoms with Gasteiger partial charge >= 0.3 is 5.97 Å². The van der Waals surface area contributed by atoms with Crippen molar-refractivity contribution in [3.05, 3.63) is 0 Å².